The molecule has 5 nitrogen and oxygen atoms in total. The number of thioether (sulfide) groups is 1. The van der Waals surface area contributed by atoms with Gasteiger partial charge in [0, 0.05) is 23.2 Å². The second-order valence-corrected chi connectivity index (χ2v) is 6.92. The molecule has 2 N–H and O–H groups in total. The first-order valence-electron chi connectivity index (χ1n) is 6.89. The van der Waals surface area contributed by atoms with E-state index in [0.29, 0.717) is 12.8 Å². The molecule has 1 aliphatic rings. The molecule has 6 heteroatoms. The molecule has 0 saturated heterocycles. The van der Waals surface area contributed by atoms with E-state index < -0.39 is 11.5 Å². The van der Waals surface area contributed by atoms with Gasteiger partial charge in [-0.3, -0.25) is 10.1 Å². The fraction of sp³-hybridized carbons (Fsp3) is 0.643. The van der Waals surface area contributed by atoms with Crippen LogP contribution < -0.4 is 5.32 Å². The Balaban J connectivity index is 2.05. The maximum atomic E-state index is 11.6. The molecule has 110 valence electrons. The van der Waals surface area contributed by atoms with Crippen LogP contribution in [-0.2, 0) is 4.79 Å². The molecule has 0 aliphatic heterocycles. The largest absolute Gasteiger partial charge is 0.480 e. The number of carboxylic acids is 1. The summed E-state index contributed by atoms with van der Waals surface area (Å²) in [6.07, 6.45) is 3.89. The highest BCUT2D eigenvalue weighted by atomic mass is 32.2. The quantitative estimate of drug-likeness (QED) is 0.812. The number of aryl methyl sites for hydroxylation is 1. The fourth-order valence-electron chi connectivity index (χ4n) is 2.67. The molecule has 0 amide bonds. The molecule has 1 fully saturated rings. The lowest BCUT2D eigenvalue weighted by atomic mass is 9.97. The summed E-state index contributed by atoms with van der Waals surface area (Å²) >= 11 is 1.59. The molecular weight excluding hydrogens is 274 g/mol. The minimum atomic E-state index is -0.796. The van der Waals surface area contributed by atoms with Crippen LogP contribution >= 0.6 is 11.8 Å². The van der Waals surface area contributed by atoms with Crippen molar-refractivity contribution in [2.75, 3.05) is 0 Å². The topological polar surface area (TPSA) is 75.1 Å². The summed E-state index contributed by atoms with van der Waals surface area (Å²) < 4.78 is 0. The number of aromatic nitrogens is 2. The molecule has 1 aromatic heterocycles. The second-order valence-electron chi connectivity index (χ2n) is 5.65. The van der Waals surface area contributed by atoms with Gasteiger partial charge in [0.05, 0.1) is 0 Å². The number of carbonyl (C=O) groups is 1. The van der Waals surface area contributed by atoms with Gasteiger partial charge < -0.3 is 5.11 Å². The van der Waals surface area contributed by atoms with Crippen LogP contribution in [0.1, 0.15) is 38.8 Å². The first-order valence-corrected chi connectivity index (χ1v) is 7.77. The molecule has 2 atom stereocenters. The van der Waals surface area contributed by atoms with E-state index in [2.05, 4.69) is 15.3 Å². The smallest absolute Gasteiger partial charge is 0.323 e. The number of hydrogen-bond acceptors (Lipinski definition) is 5. The molecule has 0 radical (unpaired) electrons. The third-order valence-corrected chi connectivity index (χ3v) is 4.63. The zero-order chi connectivity index (χ0) is 14.8. The summed E-state index contributed by atoms with van der Waals surface area (Å²) in [6, 6.07) is 2.02. The fourth-order valence-corrected chi connectivity index (χ4v) is 3.89. The van der Waals surface area contributed by atoms with Crippen molar-refractivity contribution in [3.05, 3.63) is 18.0 Å². The first kappa shape index (κ1) is 15.3. The highest BCUT2D eigenvalue weighted by molar-refractivity contribution is 7.99. The molecule has 1 heterocycles. The van der Waals surface area contributed by atoms with Gasteiger partial charge in [0.1, 0.15) is 5.54 Å². The average molecular weight is 295 g/mol. The van der Waals surface area contributed by atoms with Crippen LogP contribution in [-0.4, -0.2) is 37.9 Å². The number of hydrogen-bond donors (Lipinski definition) is 2. The normalized spacial score (nSPS) is 26.1. The van der Waals surface area contributed by atoms with Crippen molar-refractivity contribution in [2.24, 2.45) is 0 Å². The van der Waals surface area contributed by atoms with Gasteiger partial charge in [0.15, 0.2) is 5.16 Å². The van der Waals surface area contributed by atoms with Gasteiger partial charge in [-0.05, 0) is 46.1 Å². The van der Waals surface area contributed by atoms with Gasteiger partial charge in [0.25, 0.3) is 0 Å². The van der Waals surface area contributed by atoms with Crippen molar-refractivity contribution in [1.29, 1.82) is 0 Å². The monoisotopic (exact) mass is 295 g/mol. The van der Waals surface area contributed by atoms with Crippen LogP contribution in [0, 0.1) is 6.92 Å². The van der Waals surface area contributed by atoms with Crippen molar-refractivity contribution >= 4 is 17.7 Å². The van der Waals surface area contributed by atoms with E-state index in [4.69, 9.17) is 0 Å². The van der Waals surface area contributed by atoms with Crippen molar-refractivity contribution in [3.8, 4) is 0 Å². The molecule has 0 aromatic carbocycles. The maximum Gasteiger partial charge on any atom is 0.323 e. The van der Waals surface area contributed by atoms with E-state index in [9.17, 15) is 9.90 Å². The standard InChI is InChI=1S/C14H21N3O2S/c1-9(2)17-14(12(18)19)6-4-11(8-14)20-13-15-7-5-10(3)16-13/h5,7,9,11,17H,4,6,8H2,1-3H3,(H,18,19). The molecule has 20 heavy (non-hydrogen) atoms. The van der Waals surface area contributed by atoms with Gasteiger partial charge in [0.2, 0.25) is 0 Å². The van der Waals surface area contributed by atoms with Crippen LogP contribution in [0.3, 0.4) is 0 Å². The minimum Gasteiger partial charge on any atom is -0.480 e. The van der Waals surface area contributed by atoms with Crippen LogP contribution in [0.5, 0.6) is 0 Å². The summed E-state index contributed by atoms with van der Waals surface area (Å²) in [5, 5.41) is 13.8. The Hall–Kier alpha value is -1.14. The van der Waals surface area contributed by atoms with Crippen molar-refractivity contribution in [2.45, 2.75) is 62.0 Å². The minimum absolute atomic E-state index is 0.157. The van der Waals surface area contributed by atoms with E-state index in [1.807, 2.05) is 26.8 Å². The first-order chi connectivity index (χ1) is 9.41. The summed E-state index contributed by atoms with van der Waals surface area (Å²) in [6.45, 7) is 5.89. The predicted octanol–water partition coefficient (Wildman–Crippen LogP) is 2.25. The Morgan fingerprint density at radius 2 is 2.35 bits per heavy atom. The van der Waals surface area contributed by atoms with E-state index in [0.717, 1.165) is 17.3 Å². The highest BCUT2D eigenvalue weighted by Gasteiger charge is 2.46. The number of aliphatic carboxylic acids is 1. The van der Waals surface area contributed by atoms with Crippen LogP contribution in [0.25, 0.3) is 0 Å². The second kappa shape index (κ2) is 6.10. The van der Waals surface area contributed by atoms with Crippen molar-refractivity contribution in [3.63, 3.8) is 0 Å². The Morgan fingerprint density at radius 3 is 2.95 bits per heavy atom. The zero-order valence-electron chi connectivity index (χ0n) is 12.1. The SMILES string of the molecule is Cc1ccnc(SC2CCC(NC(C)C)(C(=O)O)C2)n1. The number of nitrogens with one attached hydrogen (secondary N) is 1. The summed E-state index contributed by atoms with van der Waals surface area (Å²) in [5.74, 6) is -0.750. The van der Waals surface area contributed by atoms with E-state index >= 15 is 0 Å². The maximum absolute atomic E-state index is 11.6. The molecule has 0 spiro atoms. The van der Waals surface area contributed by atoms with Gasteiger partial charge in [-0.15, -0.1) is 0 Å². The third-order valence-electron chi connectivity index (χ3n) is 3.49. The van der Waals surface area contributed by atoms with Gasteiger partial charge in [-0.2, -0.15) is 0 Å². The molecule has 0 bridgehead atoms. The molecule has 2 rings (SSSR count). The Morgan fingerprint density at radius 1 is 1.60 bits per heavy atom. The number of carboxylic acid groups (broad SMARTS) is 1. The lowest BCUT2D eigenvalue weighted by Gasteiger charge is -2.28. The molecule has 1 aliphatic carbocycles. The molecule has 1 aromatic rings. The van der Waals surface area contributed by atoms with E-state index in [-0.39, 0.29) is 11.3 Å². The average Bonchev–Trinajstić information content (AvgIpc) is 2.72. The zero-order valence-corrected chi connectivity index (χ0v) is 12.9. The van der Waals surface area contributed by atoms with E-state index in [1.165, 1.54) is 0 Å². The Labute approximate surface area is 123 Å². The van der Waals surface area contributed by atoms with Gasteiger partial charge in [-0.1, -0.05) is 11.8 Å². The van der Waals surface area contributed by atoms with E-state index in [1.54, 1.807) is 18.0 Å². The van der Waals surface area contributed by atoms with Crippen molar-refractivity contribution in [1.82, 2.24) is 15.3 Å². The third kappa shape index (κ3) is 3.49. The Bertz CT molecular complexity index is 495. The van der Waals surface area contributed by atoms with Gasteiger partial charge >= 0.3 is 5.97 Å². The molecule has 1 saturated carbocycles. The van der Waals surface area contributed by atoms with Crippen LogP contribution in [0.2, 0.25) is 0 Å². The van der Waals surface area contributed by atoms with Crippen LogP contribution in [0.15, 0.2) is 17.4 Å². The highest BCUT2D eigenvalue weighted by Crippen LogP contribution is 2.39. The summed E-state index contributed by atoms with van der Waals surface area (Å²) in [5.41, 5.74) is 0.139. The Kier molecular flexibility index (Phi) is 4.65. The van der Waals surface area contributed by atoms with Crippen LogP contribution in [0.4, 0.5) is 0 Å². The molecular formula is C14H21N3O2S. The van der Waals surface area contributed by atoms with Crippen molar-refractivity contribution < 1.29 is 9.90 Å². The molecule has 2 unspecified atom stereocenters. The lowest BCUT2D eigenvalue weighted by molar-refractivity contribution is -0.145. The number of nitrogens with zero attached hydrogens (tertiary/aromatic N) is 2. The predicted molar refractivity (Wildman–Crippen MR) is 78.9 cm³/mol. The lowest BCUT2D eigenvalue weighted by Crippen LogP contribution is -2.53. The summed E-state index contributed by atoms with van der Waals surface area (Å²) in [4.78, 5) is 20.2. The number of rotatable bonds is 5. The van der Waals surface area contributed by atoms with Gasteiger partial charge in [-0.25, -0.2) is 9.97 Å². The summed E-state index contributed by atoms with van der Waals surface area (Å²) in [7, 11) is 0.